The van der Waals surface area contributed by atoms with Crippen LogP contribution in [0.2, 0.25) is 0 Å². The Morgan fingerprint density at radius 2 is 1.67 bits per heavy atom. The molecule has 3 aromatic heterocycles. The number of nitrogens with zero attached hydrogens (tertiary/aromatic N) is 1. The van der Waals surface area contributed by atoms with Crippen molar-refractivity contribution in [3.8, 4) is 0 Å². The first-order valence-corrected chi connectivity index (χ1v) is 5.72. The van der Waals surface area contributed by atoms with Crippen LogP contribution in [0.4, 0.5) is 0 Å². The monoisotopic (exact) mass is 235 g/mol. The van der Waals surface area contributed by atoms with Crippen molar-refractivity contribution in [1.29, 1.82) is 0 Å². The highest BCUT2D eigenvalue weighted by atomic mass is 16.1. The van der Waals surface area contributed by atoms with Crippen LogP contribution >= 0.6 is 0 Å². The fourth-order valence-corrected chi connectivity index (χ4v) is 2.48. The molecule has 0 aliphatic rings. The highest BCUT2D eigenvalue weighted by molar-refractivity contribution is 6.17. The van der Waals surface area contributed by atoms with Crippen molar-refractivity contribution in [2.45, 2.75) is 0 Å². The first kappa shape index (κ1) is 9.41. The van der Waals surface area contributed by atoms with Gasteiger partial charge in [0.15, 0.2) is 0 Å². The van der Waals surface area contributed by atoms with Gasteiger partial charge in [-0.25, -0.2) is 4.98 Å². The summed E-state index contributed by atoms with van der Waals surface area (Å²) in [5, 5.41) is 3.71. The lowest BCUT2D eigenvalue weighted by molar-refractivity contribution is 1.27. The summed E-state index contributed by atoms with van der Waals surface area (Å²) in [4.78, 5) is 22.3. The topological polar surface area (TPSA) is 61.5 Å². The Bertz CT molecular complexity index is 949. The second-order valence-corrected chi connectivity index (χ2v) is 4.27. The second kappa shape index (κ2) is 3.20. The van der Waals surface area contributed by atoms with Crippen LogP contribution in [0.25, 0.3) is 32.8 Å². The minimum Gasteiger partial charge on any atom is -0.325 e. The average molecular weight is 235 g/mol. The Hall–Kier alpha value is -2.62. The van der Waals surface area contributed by atoms with Crippen LogP contribution in [-0.4, -0.2) is 15.0 Å². The third kappa shape index (κ3) is 1.09. The molecule has 0 radical (unpaired) electrons. The van der Waals surface area contributed by atoms with E-state index in [1.165, 1.54) is 0 Å². The largest absolute Gasteiger partial charge is 0.325 e. The van der Waals surface area contributed by atoms with Crippen molar-refractivity contribution in [1.82, 2.24) is 15.0 Å². The van der Waals surface area contributed by atoms with E-state index in [0.29, 0.717) is 5.39 Å². The zero-order valence-electron chi connectivity index (χ0n) is 9.40. The van der Waals surface area contributed by atoms with E-state index in [-0.39, 0.29) is 5.56 Å². The molecule has 0 unspecified atom stereocenters. The normalized spacial score (nSPS) is 11.6. The molecule has 4 heteroatoms. The molecule has 0 amide bonds. The van der Waals surface area contributed by atoms with Gasteiger partial charge in [-0.3, -0.25) is 4.79 Å². The van der Waals surface area contributed by atoms with Crippen molar-refractivity contribution >= 4 is 32.8 Å². The maximum atomic E-state index is 12.0. The van der Waals surface area contributed by atoms with Gasteiger partial charge in [0, 0.05) is 22.4 Å². The summed E-state index contributed by atoms with van der Waals surface area (Å²) in [6.07, 6.45) is 1.73. The van der Waals surface area contributed by atoms with Gasteiger partial charge < -0.3 is 9.97 Å². The summed E-state index contributed by atoms with van der Waals surface area (Å²) < 4.78 is 0. The number of H-pyrrole nitrogens is 2. The van der Waals surface area contributed by atoms with Crippen LogP contribution in [0.15, 0.2) is 47.4 Å². The van der Waals surface area contributed by atoms with Crippen molar-refractivity contribution in [2.75, 3.05) is 0 Å². The summed E-state index contributed by atoms with van der Waals surface area (Å²) in [6, 6.07) is 11.5. The number of pyridine rings is 2. The van der Waals surface area contributed by atoms with Gasteiger partial charge >= 0.3 is 0 Å². The summed E-state index contributed by atoms with van der Waals surface area (Å²) in [7, 11) is 0. The molecule has 1 aromatic carbocycles. The maximum Gasteiger partial charge on any atom is 0.257 e. The first-order chi connectivity index (χ1) is 8.84. The molecular formula is C14H9N3O. The molecule has 0 aliphatic carbocycles. The highest BCUT2D eigenvalue weighted by Crippen LogP contribution is 2.27. The number of rotatable bonds is 0. The van der Waals surface area contributed by atoms with Crippen molar-refractivity contribution in [2.24, 2.45) is 0 Å². The predicted molar refractivity (Wildman–Crippen MR) is 71.7 cm³/mol. The van der Waals surface area contributed by atoms with E-state index in [1.54, 1.807) is 6.20 Å². The molecule has 4 nitrogen and oxygen atoms in total. The third-order valence-electron chi connectivity index (χ3n) is 3.25. The van der Waals surface area contributed by atoms with Crippen LogP contribution in [-0.2, 0) is 0 Å². The number of fused-ring (bicyclic) bond motifs is 5. The Kier molecular flexibility index (Phi) is 1.67. The Labute approximate surface area is 101 Å². The zero-order chi connectivity index (χ0) is 12.1. The van der Waals surface area contributed by atoms with E-state index in [1.807, 2.05) is 36.4 Å². The van der Waals surface area contributed by atoms with Gasteiger partial charge in [0.25, 0.3) is 5.56 Å². The molecule has 0 saturated carbocycles. The molecule has 0 spiro atoms. The molecular weight excluding hydrogens is 226 g/mol. The van der Waals surface area contributed by atoms with E-state index < -0.39 is 0 Å². The van der Waals surface area contributed by atoms with E-state index >= 15 is 0 Å². The zero-order valence-corrected chi connectivity index (χ0v) is 9.40. The number of nitrogens with one attached hydrogen (secondary N) is 2. The van der Waals surface area contributed by atoms with Crippen LogP contribution in [0.5, 0.6) is 0 Å². The van der Waals surface area contributed by atoms with E-state index in [0.717, 1.165) is 27.5 Å². The average Bonchev–Trinajstić information content (AvgIpc) is 2.77. The van der Waals surface area contributed by atoms with Crippen LogP contribution in [0.3, 0.4) is 0 Å². The van der Waals surface area contributed by atoms with Gasteiger partial charge in [0.05, 0.1) is 0 Å². The molecule has 0 atom stereocenters. The molecule has 3 heterocycles. The third-order valence-corrected chi connectivity index (χ3v) is 3.25. The molecule has 18 heavy (non-hydrogen) atoms. The van der Waals surface area contributed by atoms with Gasteiger partial charge in [-0.05, 0) is 23.6 Å². The molecule has 0 aliphatic heterocycles. The lowest BCUT2D eigenvalue weighted by Gasteiger charge is -1.98. The highest BCUT2D eigenvalue weighted by Gasteiger charge is 2.10. The summed E-state index contributed by atoms with van der Waals surface area (Å²) in [5.74, 6) is 0. The first-order valence-electron chi connectivity index (χ1n) is 5.72. The molecule has 0 bridgehead atoms. The summed E-state index contributed by atoms with van der Waals surface area (Å²) in [6.45, 7) is 0. The molecule has 0 saturated heterocycles. The number of aromatic amines is 2. The minimum absolute atomic E-state index is 0.0790. The van der Waals surface area contributed by atoms with E-state index in [9.17, 15) is 4.79 Å². The Morgan fingerprint density at radius 1 is 0.889 bits per heavy atom. The number of hydrogen-bond acceptors (Lipinski definition) is 2. The number of aromatic nitrogens is 3. The van der Waals surface area contributed by atoms with Crippen LogP contribution < -0.4 is 5.56 Å². The standard InChI is InChI=1S/C14H9N3O/c18-14-9-5-2-1-4-8(9)11-10-6-3-7-15-12(10)16-13(11)17-14/h1-7H,(H2,15,16,17,18). The van der Waals surface area contributed by atoms with Crippen molar-refractivity contribution in [3.05, 3.63) is 52.9 Å². The second-order valence-electron chi connectivity index (χ2n) is 4.27. The van der Waals surface area contributed by atoms with Gasteiger partial charge in [-0.2, -0.15) is 0 Å². The van der Waals surface area contributed by atoms with E-state index in [4.69, 9.17) is 0 Å². The Balaban J connectivity index is 2.43. The molecule has 4 aromatic rings. The fourth-order valence-electron chi connectivity index (χ4n) is 2.48. The molecule has 0 fully saturated rings. The lowest BCUT2D eigenvalue weighted by Crippen LogP contribution is -2.05. The van der Waals surface area contributed by atoms with Gasteiger partial charge in [0.1, 0.15) is 11.3 Å². The lowest BCUT2D eigenvalue weighted by atomic mass is 10.1. The van der Waals surface area contributed by atoms with Gasteiger partial charge in [-0.15, -0.1) is 0 Å². The SMILES string of the molecule is O=c1[nH]c2[nH]c3ncccc3c2c2ccccc12. The number of hydrogen-bond donors (Lipinski definition) is 2. The van der Waals surface area contributed by atoms with Crippen molar-refractivity contribution in [3.63, 3.8) is 0 Å². The molecule has 4 rings (SSSR count). The van der Waals surface area contributed by atoms with Crippen molar-refractivity contribution < 1.29 is 0 Å². The quantitative estimate of drug-likeness (QED) is 0.492. The number of benzene rings is 1. The minimum atomic E-state index is -0.0790. The summed E-state index contributed by atoms with van der Waals surface area (Å²) in [5.41, 5.74) is 1.44. The smallest absolute Gasteiger partial charge is 0.257 e. The molecule has 86 valence electrons. The van der Waals surface area contributed by atoms with Gasteiger partial charge in [0.2, 0.25) is 0 Å². The molecule has 2 N–H and O–H groups in total. The fraction of sp³-hybridized carbons (Fsp3) is 0. The maximum absolute atomic E-state index is 12.0. The van der Waals surface area contributed by atoms with Crippen LogP contribution in [0, 0.1) is 0 Å². The Morgan fingerprint density at radius 3 is 2.56 bits per heavy atom. The van der Waals surface area contributed by atoms with Crippen LogP contribution in [0.1, 0.15) is 0 Å². The van der Waals surface area contributed by atoms with E-state index in [2.05, 4.69) is 15.0 Å². The summed E-state index contributed by atoms with van der Waals surface area (Å²) >= 11 is 0. The predicted octanol–water partition coefficient (Wildman–Crippen LogP) is 2.56. The van der Waals surface area contributed by atoms with Gasteiger partial charge in [-0.1, -0.05) is 18.2 Å².